The number of aromatic nitrogens is 2. The van der Waals surface area contributed by atoms with Crippen LogP contribution in [0.3, 0.4) is 0 Å². The Morgan fingerprint density at radius 1 is 1.75 bits per heavy atom. The van der Waals surface area contributed by atoms with Crippen LogP contribution in [0, 0.1) is 0 Å². The standard InChI is InChI=1S/C9H12N3O3P/c1-3-8-10-5-4-9(11-8)12(2)6-7-15-16(13)14/h3-5H,1,6-7H2,2H3/p+1. The first-order valence-electron chi connectivity index (χ1n) is 4.59. The molecular weight excluding hydrogens is 229 g/mol. The number of likely N-dealkylation sites (N-methyl/N-ethyl adjacent to an activating group) is 1. The average Bonchev–Trinajstić information content (AvgIpc) is 2.28. The summed E-state index contributed by atoms with van der Waals surface area (Å²) in [5.74, 6) is 1.25. The van der Waals surface area contributed by atoms with Gasteiger partial charge >= 0.3 is 8.25 Å². The topological polar surface area (TPSA) is 75.6 Å². The molecule has 1 unspecified atom stereocenters. The highest BCUT2D eigenvalue weighted by molar-refractivity contribution is 7.32. The minimum atomic E-state index is -2.53. The molecule has 0 saturated heterocycles. The van der Waals surface area contributed by atoms with Crippen molar-refractivity contribution in [1.29, 1.82) is 0 Å². The lowest BCUT2D eigenvalue weighted by atomic mass is 10.4. The van der Waals surface area contributed by atoms with Crippen LogP contribution in [0.1, 0.15) is 5.82 Å². The maximum atomic E-state index is 10.3. The molecule has 1 heterocycles. The lowest BCUT2D eigenvalue weighted by Gasteiger charge is -2.16. The summed E-state index contributed by atoms with van der Waals surface area (Å²) in [5.41, 5.74) is 0. The second-order valence-corrected chi connectivity index (χ2v) is 3.70. The molecule has 0 aliphatic carbocycles. The van der Waals surface area contributed by atoms with E-state index in [1.165, 1.54) is 0 Å². The van der Waals surface area contributed by atoms with Gasteiger partial charge in [0.15, 0.2) is 5.82 Å². The zero-order valence-corrected chi connectivity index (χ0v) is 9.80. The van der Waals surface area contributed by atoms with Crippen LogP contribution in [-0.4, -0.2) is 35.1 Å². The van der Waals surface area contributed by atoms with Gasteiger partial charge in [-0.2, -0.15) is 0 Å². The average molecular weight is 242 g/mol. The molecule has 16 heavy (non-hydrogen) atoms. The molecular formula is C9H13N3O3P+. The normalized spacial score (nSPS) is 11.0. The Balaban J connectivity index is 2.54. The van der Waals surface area contributed by atoms with Gasteiger partial charge in [0.1, 0.15) is 12.4 Å². The third kappa shape index (κ3) is 4.02. The van der Waals surface area contributed by atoms with Crippen molar-refractivity contribution in [1.82, 2.24) is 9.97 Å². The van der Waals surface area contributed by atoms with Crippen LogP contribution in [0.5, 0.6) is 0 Å². The van der Waals surface area contributed by atoms with E-state index in [2.05, 4.69) is 21.1 Å². The first kappa shape index (κ1) is 12.7. The van der Waals surface area contributed by atoms with Crippen molar-refractivity contribution in [3.8, 4) is 0 Å². The van der Waals surface area contributed by atoms with E-state index >= 15 is 0 Å². The fourth-order valence-corrected chi connectivity index (χ4v) is 1.28. The van der Waals surface area contributed by atoms with Crippen LogP contribution in [0.2, 0.25) is 0 Å². The van der Waals surface area contributed by atoms with Crippen molar-refractivity contribution >= 4 is 20.1 Å². The van der Waals surface area contributed by atoms with E-state index in [1.807, 2.05) is 7.05 Å². The van der Waals surface area contributed by atoms with Crippen LogP contribution in [-0.2, 0) is 9.09 Å². The molecule has 1 N–H and O–H groups in total. The van der Waals surface area contributed by atoms with Gasteiger partial charge < -0.3 is 4.90 Å². The van der Waals surface area contributed by atoms with E-state index in [0.717, 1.165) is 0 Å². The summed E-state index contributed by atoms with van der Waals surface area (Å²) >= 11 is 0. The fraction of sp³-hybridized carbons (Fsp3) is 0.333. The third-order valence-corrected chi connectivity index (χ3v) is 2.27. The van der Waals surface area contributed by atoms with E-state index < -0.39 is 8.25 Å². The summed E-state index contributed by atoms with van der Waals surface area (Å²) in [6.07, 6.45) is 3.18. The Morgan fingerprint density at radius 3 is 3.12 bits per heavy atom. The van der Waals surface area contributed by atoms with Gasteiger partial charge in [-0.25, -0.2) is 9.97 Å². The van der Waals surface area contributed by atoms with Gasteiger partial charge in [0.25, 0.3) is 0 Å². The summed E-state index contributed by atoms with van der Waals surface area (Å²) in [6.45, 7) is 4.21. The Bertz CT molecular complexity index is 386. The minimum Gasteiger partial charge on any atom is -0.357 e. The van der Waals surface area contributed by atoms with E-state index in [9.17, 15) is 4.57 Å². The van der Waals surface area contributed by atoms with Crippen LogP contribution < -0.4 is 4.90 Å². The molecule has 0 radical (unpaired) electrons. The maximum Gasteiger partial charge on any atom is 0.694 e. The maximum absolute atomic E-state index is 10.3. The predicted octanol–water partition coefficient (Wildman–Crippen LogP) is 1.22. The number of hydrogen-bond acceptors (Lipinski definition) is 5. The van der Waals surface area contributed by atoms with E-state index in [4.69, 9.17) is 4.89 Å². The lowest BCUT2D eigenvalue weighted by molar-refractivity contribution is 0.288. The largest absolute Gasteiger partial charge is 0.694 e. The number of rotatable bonds is 6. The predicted molar refractivity (Wildman–Crippen MR) is 61.2 cm³/mol. The van der Waals surface area contributed by atoms with Crippen LogP contribution in [0.4, 0.5) is 5.82 Å². The Hall–Kier alpha value is -1.36. The molecule has 0 bridgehead atoms. The minimum absolute atomic E-state index is 0.162. The summed E-state index contributed by atoms with van der Waals surface area (Å²) in [5, 5.41) is 0. The highest BCUT2D eigenvalue weighted by atomic mass is 31.1. The molecule has 1 aromatic heterocycles. The van der Waals surface area contributed by atoms with Crippen LogP contribution in [0.15, 0.2) is 18.8 Å². The number of nitrogens with zero attached hydrogens (tertiary/aromatic N) is 3. The Kier molecular flexibility index (Phi) is 4.98. The van der Waals surface area contributed by atoms with Gasteiger partial charge in [-0.1, -0.05) is 6.58 Å². The number of hydrogen-bond donors (Lipinski definition) is 1. The second-order valence-electron chi connectivity index (χ2n) is 2.97. The van der Waals surface area contributed by atoms with Crippen molar-refractivity contribution in [2.45, 2.75) is 0 Å². The highest BCUT2D eigenvalue weighted by Gasteiger charge is 2.12. The first-order valence-corrected chi connectivity index (χ1v) is 5.72. The van der Waals surface area contributed by atoms with E-state index in [0.29, 0.717) is 18.2 Å². The molecule has 0 amide bonds. The van der Waals surface area contributed by atoms with Crippen molar-refractivity contribution in [3.63, 3.8) is 0 Å². The Morgan fingerprint density at radius 2 is 2.50 bits per heavy atom. The van der Waals surface area contributed by atoms with Gasteiger partial charge in [-0.15, -0.1) is 9.42 Å². The molecule has 0 aliphatic rings. The van der Waals surface area contributed by atoms with Crippen LogP contribution in [0.25, 0.3) is 6.08 Å². The molecule has 1 aromatic rings. The molecule has 1 rings (SSSR count). The molecule has 0 fully saturated rings. The molecule has 0 spiro atoms. The summed E-state index contributed by atoms with van der Waals surface area (Å²) < 4.78 is 14.8. The van der Waals surface area contributed by atoms with E-state index in [1.54, 1.807) is 23.2 Å². The molecule has 7 heteroatoms. The monoisotopic (exact) mass is 242 g/mol. The summed E-state index contributed by atoms with van der Waals surface area (Å²) in [4.78, 5) is 18.4. The first-order chi connectivity index (χ1) is 7.63. The zero-order chi connectivity index (χ0) is 12.0. The quantitative estimate of drug-likeness (QED) is 0.756. The van der Waals surface area contributed by atoms with Crippen molar-refractivity contribution in [2.24, 2.45) is 0 Å². The smallest absolute Gasteiger partial charge is 0.357 e. The fourth-order valence-electron chi connectivity index (χ4n) is 1.05. The van der Waals surface area contributed by atoms with Crippen LogP contribution >= 0.6 is 8.25 Å². The van der Waals surface area contributed by atoms with Gasteiger partial charge in [-0.05, 0) is 12.1 Å². The molecule has 6 nitrogen and oxygen atoms in total. The van der Waals surface area contributed by atoms with E-state index in [-0.39, 0.29) is 6.61 Å². The SMILES string of the molecule is C=Cc1nccc(N(C)CCO[P+](=O)O)n1. The van der Waals surface area contributed by atoms with Gasteiger partial charge in [0.2, 0.25) is 0 Å². The molecule has 0 aliphatic heterocycles. The summed E-state index contributed by atoms with van der Waals surface area (Å²) in [6, 6.07) is 1.74. The highest BCUT2D eigenvalue weighted by Crippen LogP contribution is 2.14. The molecule has 86 valence electrons. The second kappa shape index (κ2) is 6.27. The molecule has 1 atom stereocenters. The van der Waals surface area contributed by atoms with Gasteiger partial charge in [0.05, 0.1) is 0 Å². The summed E-state index contributed by atoms with van der Waals surface area (Å²) in [7, 11) is -0.726. The Labute approximate surface area is 94.6 Å². The zero-order valence-electron chi connectivity index (χ0n) is 8.91. The van der Waals surface area contributed by atoms with Gasteiger partial charge in [0, 0.05) is 24.4 Å². The third-order valence-electron chi connectivity index (χ3n) is 1.86. The number of anilines is 1. The van der Waals surface area contributed by atoms with Crippen molar-refractivity contribution in [2.75, 3.05) is 25.1 Å². The molecule has 0 saturated carbocycles. The van der Waals surface area contributed by atoms with Crippen molar-refractivity contribution in [3.05, 3.63) is 24.7 Å². The van der Waals surface area contributed by atoms with Gasteiger partial charge in [-0.3, -0.25) is 0 Å². The lowest BCUT2D eigenvalue weighted by Crippen LogP contribution is -2.23. The van der Waals surface area contributed by atoms with Crippen molar-refractivity contribution < 1.29 is 14.0 Å². The molecule has 0 aromatic carbocycles.